The number of fused-ring (bicyclic) bond motifs is 1. The van der Waals surface area contributed by atoms with Crippen LogP contribution in [0.5, 0.6) is 11.5 Å². The van der Waals surface area contributed by atoms with Gasteiger partial charge in [-0.1, -0.05) is 6.07 Å². The minimum Gasteiger partial charge on any atom is -0.454 e. The number of hydrogen-bond donors (Lipinski definition) is 0. The van der Waals surface area contributed by atoms with Gasteiger partial charge in [0.05, 0.1) is 0 Å². The van der Waals surface area contributed by atoms with Gasteiger partial charge in [-0.3, -0.25) is 4.79 Å². The van der Waals surface area contributed by atoms with Crippen molar-refractivity contribution in [2.24, 2.45) is 5.92 Å². The summed E-state index contributed by atoms with van der Waals surface area (Å²) in [4.78, 5) is 13.1. The number of ether oxygens (including phenoxy) is 2. The van der Waals surface area contributed by atoms with Crippen molar-refractivity contribution < 1.29 is 14.3 Å². The fraction of sp³-hybridized carbons (Fsp3) is 0.533. The Labute approximate surface area is 113 Å². The first-order chi connectivity index (χ1) is 9.35. The molecule has 19 heavy (non-hydrogen) atoms. The SMILES string of the molecule is O=[C]C1CCCN(CCc2ccc3c(c2)OCO3)C1. The summed E-state index contributed by atoms with van der Waals surface area (Å²) in [6.45, 7) is 3.25. The highest BCUT2D eigenvalue weighted by atomic mass is 16.7. The Kier molecular flexibility index (Phi) is 3.69. The second kappa shape index (κ2) is 5.61. The summed E-state index contributed by atoms with van der Waals surface area (Å²) < 4.78 is 10.7. The Morgan fingerprint density at radius 3 is 3.11 bits per heavy atom. The van der Waals surface area contributed by atoms with Crippen LogP contribution in [-0.2, 0) is 11.2 Å². The first-order valence-electron chi connectivity index (χ1n) is 6.84. The van der Waals surface area contributed by atoms with Crippen LogP contribution in [0, 0.1) is 5.92 Å². The maximum absolute atomic E-state index is 10.7. The van der Waals surface area contributed by atoms with Crippen molar-refractivity contribution in [3.63, 3.8) is 0 Å². The zero-order chi connectivity index (χ0) is 13.1. The second-order valence-electron chi connectivity index (χ2n) is 5.20. The van der Waals surface area contributed by atoms with Crippen LogP contribution in [0.15, 0.2) is 18.2 Å². The highest BCUT2D eigenvalue weighted by Gasteiger charge is 2.20. The van der Waals surface area contributed by atoms with Gasteiger partial charge in [-0.25, -0.2) is 0 Å². The summed E-state index contributed by atoms with van der Waals surface area (Å²) >= 11 is 0. The molecule has 101 valence electrons. The molecule has 4 nitrogen and oxygen atoms in total. The molecule has 1 saturated heterocycles. The largest absolute Gasteiger partial charge is 0.454 e. The van der Waals surface area contributed by atoms with E-state index in [1.54, 1.807) is 0 Å². The molecule has 0 amide bonds. The molecule has 0 spiro atoms. The molecule has 0 saturated carbocycles. The molecule has 1 aromatic rings. The Morgan fingerprint density at radius 2 is 2.21 bits per heavy atom. The Morgan fingerprint density at radius 1 is 1.32 bits per heavy atom. The van der Waals surface area contributed by atoms with Gasteiger partial charge in [0.25, 0.3) is 0 Å². The number of hydrogen-bond acceptors (Lipinski definition) is 4. The molecule has 1 atom stereocenters. The van der Waals surface area contributed by atoms with E-state index in [1.807, 2.05) is 6.07 Å². The molecule has 0 bridgehead atoms. The Balaban J connectivity index is 1.55. The summed E-state index contributed by atoms with van der Waals surface area (Å²) in [7, 11) is 0. The van der Waals surface area contributed by atoms with Gasteiger partial charge < -0.3 is 14.4 Å². The van der Waals surface area contributed by atoms with Crippen molar-refractivity contribution in [2.45, 2.75) is 19.3 Å². The van der Waals surface area contributed by atoms with Crippen molar-refractivity contribution >= 4 is 6.29 Å². The van der Waals surface area contributed by atoms with E-state index in [9.17, 15) is 4.79 Å². The minimum atomic E-state index is 0.102. The van der Waals surface area contributed by atoms with Crippen molar-refractivity contribution in [3.05, 3.63) is 23.8 Å². The number of carbonyl (C=O) groups excluding carboxylic acids is 1. The zero-order valence-corrected chi connectivity index (χ0v) is 10.9. The lowest BCUT2D eigenvalue weighted by atomic mass is 9.99. The standard InChI is InChI=1S/C15H18NO3/c17-10-13-2-1-6-16(9-13)7-5-12-3-4-14-15(8-12)19-11-18-14/h3-4,8,13H,1-2,5-7,9,11H2. The zero-order valence-electron chi connectivity index (χ0n) is 10.9. The van der Waals surface area contributed by atoms with Gasteiger partial charge in [0.1, 0.15) is 0 Å². The molecular weight excluding hydrogens is 242 g/mol. The van der Waals surface area contributed by atoms with Crippen molar-refractivity contribution in [1.29, 1.82) is 0 Å². The van der Waals surface area contributed by atoms with Gasteiger partial charge in [-0.2, -0.15) is 0 Å². The van der Waals surface area contributed by atoms with E-state index in [0.29, 0.717) is 6.79 Å². The number of likely N-dealkylation sites (tertiary alicyclic amines) is 1. The monoisotopic (exact) mass is 260 g/mol. The average Bonchev–Trinajstić information content (AvgIpc) is 2.93. The molecule has 1 unspecified atom stereocenters. The molecule has 3 rings (SSSR count). The summed E-state index contributed by atoms with van der Waals surface area (Å²) in [6.07, 6.45) is 5.20. The van der Waals surface area contributed by atoms with E-state index in [1.165, 1.54) is 5.56 Å². The molecule has 2 aliphatic heterocycles. The predicted molar refractivity (Wildman–Crippen MR) is 71.1 cm³/mol. The topological polar surface area (TPSA) is 38.8 Å². The van der Waals surface area contributed by atoms with Gasteiger partial charge in [0.15, 0.2) is 11.5 Å². The number of rotatable bonds is 4. The third-order valence-electron chi connectivity index (χ3n) is 3.83. The first kappa shape index (κ1) is 12.5. The van der Waals surface area contributed by atoms with Crippen LogP contribution in [-0.4, -0.2) is 37.6 Å². The maximum atomic E-state index is 10.7. The lowest BCUT2D eigenvalue weighted by Crippen LogP contribution is -2.37. The number of piperidine rings is 1. The molecule has 2 heterocycles. The van der Waals surface area contributed by atoms with Crippen LogP contribution in [0.25, 0.3) is 0 Å². The van der Waals surface area contributed by atoms with Crippen LogP contribution < -0.4 is 9.47 Å². The van der Waals surface area contributed by atoms with Crippen LogP contribution in [0.3, 0.4) is 0 Å². The molecular formula is C15H18NO3. The lowest BCUT2D eigenvalue weighted by Gasteiger charge is -2.29. The third-order valence-corrected chi connectivity index (χ3v) is 3.83. The third kappa shape index (κ3) is 2.89. The number of benzene rings is 1. The second-order valence-corrected chi connectivity index (χ2v) is 5.20. The normalized spacial score (nSPS) is 22.4. The molecule has 2 aliphatic rings. The molecule has 0 aromatic heterocycles. The van der Waals surface area contributed by atoms with Gasteiger partial charge in [-0.15, -0.1) is 0 Å². The van der Waals surface area contributed by atoms with Gasteiger partial charge >= 0.3 is 0 Å². The van der Waals surface area contributed by atoms with Crippen LogP contribution in [0.1, 0.15) is 18.4 Å². The fourth-order valence-electron chi connectivity index (χ4n) is 2.74. The molecule has 1 aromatic carbocycles. The van der Waals surface area contributed by atoms with Crippen LogP contribution in [0.4, 0.5) is 0 Å². The van der Waals surface area contributed by atoms with Crippen LogP contribution >= 0.6 is 0 Å². The van der Waals surface area contributed by atoms with Gasteiger partial charge in [0.2, 0.25) is 13.1 Å². The predicted octanol–water partition coefficient (Wildman–Crippen LogP) is 1.78. The first-order valence-corrected chi connectivity index (χ1v) is 6.84. The summed E-state index contributed by atoms with van der Waals surface area (Å²) in [5.41, 5.74) is 1.25. The quantitative estimate of drug-likeness (QED) is 0.827. The van der Waals surface area contributed by atoms with E-state index >= 15 is 0 Å². The Bertz CT molecular complexity index is 461. The van der Waals surface area contributed by atoms with E-state index in [2.05, 4.69) is 23.3 Å². The smallest absolute Gasteiger partial charge is 0.231 e. The molecule has 1 fully saturated rings. The lowest BCUT2D eigenvalue weighted by molar-refractivity contribution is 0.174. The highest BCUT2D eigenvalue weighted by molar-refractivity contribution is 5.54. The fourth-order valence-corrected chi connectivity index (χ4v) is 2.74. The van der Waals surface area contributed by atoms with Crippen molar-refractivity contribution in [2.75, 3.05) is 26.4 Å². The van der Waals surface area contributed by atoms with E-state index in [-0.39, 0.29) is 5.92 Å². The van der Waals surface area contributed by atoms with E-state index < -0.39 is 0 Å². The minimum absolute atomic E-state index is 0.102. The van der Waals surface area contributed by atoms with Crippen molar-refractivity contribution in [3.8, 4) is 11.5 Å². The molecule has 0 aliphatic carbocycles. The molecule has 4 heteroatoms. The summed E-state index contributed by atoms with van der Waals surface area (Å²) in [5, 5.41) is 0. The van der Waals surface area contributed by atoms with E-state index in [0.717, 1.165) is 50.4 Å². The average molecular weight is 260 g/mol. The van der Waals surface area contributed by atoms with Crippen LogP contribution in [0.2, 0.25) is 0 Å². The number of nitrogens with zero attached hydrogens (tertiary/aromatic N) is 1. The Hall–Kier alpha value is -1.55. The van der Waals surface area contributed by atoms with Crippen molar-refractivity contribution in [1.82, 2.24) is 4.90 Å². The van der Waals surface area contributed by atoms with Gasteiger partial charge in [-0.05, 0) is 43.5 Å². The molecule has 1 radical (unpaired) electrons. The maximum Gasteiger partial charge on any atom is 0.231 e. The summed E-state index contributed by atoms with van der Waals surface area (Å²) in [6, 6.07) is 6.10. The molecule has 0 N–H and O–H groups in total. The van der Waals surface area contributed by atoms with E-state index in [4.69, 9.17) is 9.47 Å². The summed E-state index contributed by atoms with van der Waals surface area (Å²) in [5.74, 6) is 1.78. The van der Waals surface area contributed by atoms with Gasteiger partial charge in [0, 0.05) is 19.0 Å². The highest BCUT2D eigenvalue weighted by Crippen LogP contribution is 2.32.